The monoisotopic (exact) mass is 261 g/mol. The van der Waals surface area contributed by atoms with Gasteiger partial charge in [0.2, 0.25) is 0 Å². The smallest absolute Gasteiger partial charge is 0.273 e. The maximum Gasteiger partial charge on any atom is 0.273 e. The van der Waals surface area contributed by atoms with Gasteiger partial charge in [-0.05, 0) is 31.2 Å². The fourth-order valence-corrected chi connectivity index (χ4v) is 1.66. The van der Waals surface area contributed by atoms with Crippen LogP contribution >= 0.6 is 0 Å². The van der Waals surface area contributed by atoms with E-state index in [4.69, 9.17) is 4.74 Å². The first-order valence-corrected chi connectivity index (χ1v) is 5.92. The average molecular weight is 261 g/mol. The number of aromatic nitrogens is 2. The summed E-state index contributed by atoms with van der Waals surface area (Å²) in [6, 6.07) is 6.70. The normalized spacial score (nSPS) is 10.2. The molecule has 1 aromatic heterocycles. The van der Waals surface area contributed by atoms with E-state index in [1.54, 1.807) is 24.3 Å². The van der Waals surface area contributed by atoms with Crippen LogP contribution in [0.1, 0.15) is 23.0 Å². The Labute approximate surface area is 110 Å². The molecule has 0 aliphatic rings. The molecule has 100 valence electrons. The number of H-pyrrole nitrogens is 1. The lowest BCUT2D eigenvalue weighted by Gasteiger charge is -2.11. The number of aliphatic hydroxyl groups excluding tert-OH is 1. The Morgan fingerprint density at radius 1 is 1.47 bits per heavy atom. The first-order valence-electron chi connectivity index (χ1n) is 5.92. The van der Waals surface area contributed by atoms with E-state index in [1.807, 2.05) is 6.92 Å². The molecule has 0 saturated heterocycles. The minimum absolute atomic E-state index is 0.150. The number of ether oxygens (including phenoxy) is 1. The van der Waals surface area contributed by atoms with E-state index in [9.17, 15) is 9.90 Å². The van der Waals surface area contributed by atoms with Crippen LogP contribution in [-0.4, -0.2) is 27.8 Å². The zero-order valence-electron chi connectivity index (χ0n) is 10.5. The molecule has 6 heteroatoms. The predicted octanol–water partition coefficient (Wildman–Crippen LogP) is 1.55. The number of amides is 1. The number of aromatic amines is 1. The number of hydrogen-bond acceptors (Lipinski definition) is 4. The molecule has 0 atom stereocenters. The second-order valence-corrected chi connectivity index (χ2v) is 3.84. The van der Waals surface area contributed by atoms with Crippen LogP contribution in [0.2, 0.25) is 0 Å². The molecule has 1 aromatic carbocycles. The van der Waals surface area contributed by atoms with Crippen LogP contribution in [0.5, 0.6) is 5.75 Å². The van der Waals surface area contributed by atoms with E-state index in [0.717, 1.165) is 0 Å². The van der Waals surface area contributed by atoms with E-state index in [1.165, 1.54) is 6.20 Å². The summed E-state index contributed by atoms with van der Waals surface area (Å²) in [6.45, 7) is 2.24. The molecule has 1 heterocycles. The Morgan fingerprint density at radius 2 is 2.32 bits per heavy atom. The van der Waals surface area contributed by atoms with Crippen LogP contribution in [0, 0.1) is 0 Å². The van der Waals surface area contributed by atoms with Gasteiger partial charge in [-0.2, -0.15) is 5.10 Å². The maximum absolute atomic E-state index is 11.8. The first kappa shape index (κ1) is 13.1. The lowest BCUT2D eigenvalue weighted by molar-refractivity contribution is 0.102. The van der Waals surface area contributed by atoms with Gasteiger partial charge in [-0.3, -0.25) is 9.89 Å². The SMILES string of the molecule is CCOc1ccc(NC(=O)c2ccn[nH]2)cc1CO. The standard InChI is InChI=1S/C13H15N3O3/c1-2-19-12-4-3-10(7-9(12)8-17)15-13(18)11-5-6-14-16-11/h3-7,17H,2,8H2,1H3,(H,14,16)(H,15,18). The van der Waals surface area contributed by atoms with Gasteiger partial charge in [0.05, 0.1) is 13.2 Å². The van der Waals surface area contributed by atoms with E-state index in [2.05, 4.69) is 15.5 Å². The topological polar surface area (TPSA) is 87.2 Å². The number of anilines is 1. The first-order chi connectivity index (χ1) is 9.24. The van der Waals surface area contributed by atoms with Crippen LogP contribution in [0.15, 0.2) is 30.5 Å². The van der Waals surface area contributed by atoms with Crippen molar-refractivity contribution in [2.45, 2.75) is 13.5 Å². The molecule has 6 nitrogen and oxygen atoms in total. The van der Waals surface area contributed by atoms with Gasteiger partial charge in [-0.25, -0.2) is 0 Å². The van der Waals surface area contributed by atoms with Crippen molar-refractivity contribution in [3.05, 3.63) is 41.7 Å². The summed E-state index contributed by atoms with van der Waals surface area (Å²) in [4.78, 5) is 11.8. The maximum atomic E-state index is 11.8. The molecule has 0 unspecified atom stereocenters. The van der Waals surface area contributed by atoms with Crippen molar-refractivity contribution in [1.29, 1.82) is 0 Å². The second-order valence-electron chi connectivity index (χ2n) is 3.84. The Morgan fingerprint density at radius 3 is 2.95 bits per heavy atom. The van der Waals surface area contributed by atoms with Crippen LogP contribution in [0.25, 0.3) is 0 Å². The highest BCUT2D eigenvalue weighted by Gasteiger charge is 2.09. The Kier molecular flexibility index (Phi) is 4.15. The van der Waals surface area contributed by atoms with Gasteiger partial charge in [0.1, 0.15) is 11.4 Å². The van der Waals surface area contributed by atoms with Crippen molar-refractivity contribution in [2.75, 3.05) is 11.9 Å². The van der Waals surface area contributed by atoms with E-state index in [-0.39, 0.29) is 12.5 Å². The molecule has 3 N–H and O–H groups in total. The molecule has 1 amide bonds. The van der Waals surface area contributed by atoms with Crippen molar-refractivity contribution >= 4 is 11.6 Å². The highest BCUT2D eigenvalue weighted by molar-refractivity contribution is 6.02. The largest absolute Gasteiger partial charge is 0.494 e. The third kappa shape index (κ3) is 3.11. The highest BCUT2D eigenvalue weighted by Crippen LogP contribution is 2.23. The minimum atomic E-state index is -0.287. The fourth-order valence-electron chi connectivity index (χ4n) is 1.66. The summed E-state index contributed by atoms with van der Waals surface area (Å²) < 4.78 is 5.37. The molecule has 0 bridgehead atoms. The molecular weight excluding hydrogens is 246 g/mol. The Bertz CT molecular complexity index is 552. The predicted molar refractivity (Wildman–Crippen MR) is 70.1 cm³/mol. The van der Waals surface area contributed by atoms with Crippen molar-refractivity contribution in [1.82, 2.24) is 10.2 Å². The molecule has 0 aliphatic heterocycles. The van der Waals surface area contributed by atoms with Crippen molar-refractivity contribution in [2.24, 2.45) is 0 Å². The number of carbonyl (C=O) groups excluding carboxylic acids is 1. The molecule has 19 heavy (non-hydrogen) atoms. The van der Waals surface area contributed by atoms with Crippen LogP contribution < -0.4 is 10.1 Å². The summed E-state index contributed by atoms with van der Waals surface area (Å²) in [5.74, 6) is 0.329. The second kappa shape index (κ2) is 6.01. The van der Waals surface area contributed by atoms with Gasteiger partial charge < -0.3 is 15.2 Å². The molecule has 0 radical (unpaired) electrons. The van der Waals surface area contributed by atoms with Gasteiger partial charge in [0.25, 0.3) is 5.91 Å². The third-order valence-electron chi connectivity index (χ3n) is 2.53. The number of hydrogen-bond donors (Lipinski definition) is 3. The van der Waals surface area contributed by atoms with Crippen molar-refractivity contribution in [3.63, 3.8) is 0 Å². The Hall–Kier alpha value is -2.34. The molecule has 0 fully saturated rings. The average Bonchev–Trinajstić information content (AvgIpc) is 2.94. The quantitative estimate of drug-likeness (QED) is 0.762. The van der Waals surface area contributed by atoms with Gasteiger partial charge in [-0.15, -0.1) is 0 Å². The van der Waals surface area contributed by atoms with Crippen molar-refractivity contribution < 1.29 is 14.6 Å². The van der Waals surface area contributed by atoms with Gasteiger partial charge >= 0.3 is 0 Å². The van der Waals surface area contributed by atoms with Crippen LogP contribution in [0.4, 0.5) is 5.69 Å². The summed E-state index contributed by atoms with van der Waals surface area (Å²) >= 11 is 0. The number of aliphatic hydroxyl groups is 1. The van der Waals surface area contributed by atoms with E-state index in [0.29, 0.717) is 29.3 Å². The molecule has 0 spiro atoms. The van der Waals surface area contributed by atoms with E-state index < -0.39 is 0 Å². The van der Waals surface area contributed by atoms with Crippen molar-refractivity contribution in [3.8, 4) is 5.75 Å². The summed E-state index contributed by atoms with van der Waals surface area (Å²) in [5.41, 5.74) is 1.59. The zero-order valence-corrected chi connectivity index (χ0v) is 10.5. The number of nitrogens with zero attached hydrogens (tertiary/aromatic N) is 1. The molecule has 0 saturated carbocycles. The van der Waals surface area contributed by atoms with Gasteiger partial charge in [0.15, 0.2) is 0 Å². The summed E-state index contributed by atoms with van der Waals surface area (Å²) in [7, 11) is 0. The third-order valence-corrected chi connectivity index (χ3v) is 2.53. The Balaban J connectivity index is 2.15. The molecule has 0 aliphatic carbocycles. The zero-order chi connectivity index (χ0) is 13.7. The molecular formula is C13H15N3O3. The minimum Gasteiger partial charge on any atom is -0.494 e. The van der Waals surface area contributed by atoms with Crippen LogP contribution in [0.3, 0.4) is 0 Å². The van der Waals surface area contributed by atoms with Crippen LogP contribution in [-0.2, 0) is 6.61 Å². The number of benzene rings is 1. The highest BCUT2D eigenvalue weighted by atomic mass is 16.5. The number of rotatable bonds is 5. The van der Waals surface area contributed by atoms with Gasteiger partial charge in [0, 0.05) is 17.4 Å². The van der Waals surface area contributed by atoms with Gasteiger partial charge in [-0.1, -0.05) is 0 Å². The summed E-state index contributed by atoms with van der Waals surface area (Å²) in [5, 5.41) is 18.3. The number of carbonyl (C=O) groups is 1. The fraction of sp³-hybridized carbons (Fsp3) is 0.231. The molecule has 2 aromatic rings. The number of nitrogens with one attached hydrogen (secondary N) is 2. The lowest BCUT2D eigenvalue weighted by atomic mass is 10.2. The van der Waals surface area contributed by atoms with E-state index >= 15 is 0 Å². The summed E-state index contributed by atoms with van der Waals surface area (Å²) in [6.07, 6.45) is 1.51. The lowest BCUT2D eigenvalue weighted by Crippen LogP contribution is -2.12. The molecule has 2 rings (SSSR count).